The van der Waals surface area contributed by atoms with Crippen molar-refractivity contribution >= 4 is 27.7 Å². The number of amidine groups is 1. The van der Waals surface area contributed by atoms with Gasteiger partial charge in [0, 0.05) is 18.8 Å². The summed E-state index contributed by atoms with van der Waals surface area (Å²) in [5, 5.41) is 11.5. The van der Waals surface area contributed by atoms with Gasteiger partial charge in [-0.2, -0.15) is 0 Å². The zero-order valence-corrected chi connectivity index (χ0v) is 13.0. The molecular formula is C13H17N3O5S. The van der Waals surface area contributed by atoms with E-state index in [1.165, 1.54) is 13.0 Å². The van der Waals surface area contributed by atoms with Crippen LogP contribution in [0, 0.1) is 5.92 Å². The van der Waals surface area contributed by atoms with Crippen LogP contribution in [0.1, 0.15) is 13.8 Å². The number of carbonyl (C=O) groups excluding carboxylic acids is 1. The molecular weight excluding hydrogens is 310 g/mol. The second kappa shape index (κ2) is 5.91. The van der Waals surface area contributed by atoms with E-state index in [9.17, 15) is 18.0 Å². The number of sulfonamides is 1. The van der Waals surface area contributed by atoms with E-state index in [2.05, 4.69) is 9.71 Å². The van der Waals surface area contributed by atoms with Crippen molar-refractivity contribution in [3.8, 4) is 0 Å². The van der Waals surface area contributed by atoms with Crippen LogP contribution in [-0.2, 0) is 19.6 Å². The van der Waals surface area contributed by atoms with Crippen molar-refractivity contribution < 1.29 is 23.1 Å². The number of amides is 1. The zero-order valence-electron chi connectivity index (χ0n) is 12.2. The number of hydrogen-bond donors (Lipinski definition) is 2. The van der Waals surface area contributed by atoms with Crippen molar-refractivity contribution in [2.45, 2.75) is 19.9 Å². The summed E-state index contributed by atoms with van der Waals surface area (Å²) in [5.41, 5.74) is 0.107. The van der Waals surface area contributed by atoms with Gasteiger partial charge in [-0.1, -0.05) is 0 Å². The van der Waals surface area contributed by atoms with Crippen molar-refractivity contribution in [1.82, 2.24) is 10.2 Å². The molecule has 0 fully saturated rings. The van der Waals surface area contributed by atoms with Crippen LogP contribution in [0.4, 0.5) is 0 Å². The van der Waals surface area contributed by atoms with Crippen LogP contribution < -0.4 is 5.32 Å². The van der Waals surface area contributed by atoms with E-state index in [0.717, 1.165) is 0 Å². The Balaban J connectivity index is 2.22. The van der Waals surface area contributed by atoms with Gasteiger partial charge in [0.2, 0.25) is 0 Å². The molecule has 0 aromatic heterocycles. The highest BCUT2D eigenvalue weighted by Gasteiger charge is 2.31. The van der Waals surface area contributed by atoms with Crippen molar-refractivity contribution in [3.63, 3.8) is 0 Å². The van der Waals surface area contributed by atoms with Gasteiger partial charge in [-0.05, 0) is 26.0 Å². The van der Waals surface area contributed by atoms with Crippen LogP contribution in [0.3, 0.4) is 0 Å². The van der Waals surface area contributed by atoms with E-state index in [4.69, 9.17) is 5.11 Å². The van der Waals surface area contributed by atoms with Gasteiger partial charge in [0.25, 0.3) is 15.9 Å². The number of aliphatic carboxylic acids is 1. The summed E-state index contributed by atoms with van der Waals surface area (Å²) in [5.74, 6) is -2.38. The first-order valence-electron chi connectivity index (χ1n) is 6.73. The number of carbonyl (C=O) groups is 2. The SMILES string of the molecule is CC(NC(=O)C1=CC=CN2CCS(=O)(=O)N=C12)C(C)C(=O)O. The first-order chi connectivity index (χ1) is 10.2. The molecule has 1 amide bonds. The van der Waals surface area contributed by atoms with E-state index in [1.54, 1.807) is 24.1 Å². The van der Waals surface area contributed by atoms with Gasteiger partial charge < -0.3 is 15.3 Å². The third-order valence-electron chi connectivity index (χ3n) is 3.60. The predicted molar refractivity (Wildman–Crippen MR) is 79.6 cm³/mol. The minimum absolute atomic E-state index is 0.0708. The van der Waals surface area contributed by atoms with Gasteiger partial charge in [0.05, 0.1) is 17.2 Å². The number of hydrogen-bond acceptors (Lipinski definition) is 5. The predicted octanol–water partition coefficient (Wildman–Crippen LogP) is -0.291. The second-order valence-electron chi connectivity index (χ2n) is 5.21. The van der Waals surface area contributed by atoms with Gasteiger partial charge in [0.15, 0.2) is 5.84 Å². The first kappa shape index (κ1) is 16.2. The largest absolute Gasteiger partial charge is 0.481 e. The summed E-state index contributed by atoms with van der Waals surface area (Å²) < 4.78 is 26.9. The third kappa shape index (κ3) is 3.35. The molecule has 0 radical (unpaired) electrons. The molecule has 22 heavy (non-hydrogen) atoms. The first-order valence-corrected chi connectivity index (χ1v) is 8.34. The molecule has 0 aromatic rings. The minimum atomic E-state index is -3.58. The Morgan fingerprint density at radius 1 is 1.41 bits per heavy atom. The summed E-state index contributed by atoms with van der Waals surface area (Å²) in [6, 6.07) is -0.606. The number of nitrogens with zero attached hydrogens (tertiary/aromatic N) is 2. The van der Waals surface area contributed by atoms with Gasteiger partial charge in [-0.3, -0.25) is 9.59 Å². The fourth-order valence-corrected chi connectivity index (χ4v) is 3.00. The Morgan fingerprint density at radius 3 is 2.73 bits per heavy atom. The Bertz CT molecular complexity index is 692. The molecule has 2 rings (SSSR count). The van der Waals surface area contributed by atoms with Crippen LogP contribution in [-0.4, -0.2) is 54.5 Å². The highest BCUT2D eigenvalue weighted by molar-refractivity contribution is 7.90. The molecule has 2 aliphatic heterocycles. The van der Waals surface area contributed by atoms with Crippen molar-refractivity contribution in [2.75, 3.05) is 12.3 Å². The molecule has 0 saturated carbocycles. The molecule has 9 heteroatoms. The van der Waals surface area contributed by atoms with E-state index >= 15 is 0 Å². The lowest BCUT2D eigenvalue weighted by atomic mass is 10.0. The van der Waals surface area contributed by atoms with Crippen LogP contribution in [0.5, 0.6) is 0 Å². The molecule has 0 aliphatic carbocycles. The number of carboxylic acid groups (broad SMARTS) is 1. The molecule has 0 spiro atoms. The number of fused-ring (bicyclic) bond motifs is 1. The summed E-state index contributed by atoms with van der Waals surface area (Å²) in [6.07, 6.45) is 4.73. The van der Waals surface area contributed by atoms with Crippen LogP contribution in [0.15, 0.2) is 28.3 Å². The minimum Gasteiger partial charge on any atom is -0.481 e. The van der Waals surface area contributed by atoms with E-state index in [1.807, 2.05) is 0 Å². The molecule has 120 valence electrons. The summed E-state index contributed by atoms with van der Waals surface area (Å²) in [7, 11) is -3.58. The number of allylic oxidation sites excluding steroid dienone is 2. The van der Waals surface area contributed by atoms with E-state index in [-0.39, 0.29) is 23.7 Å². The maximum Gasteiger partial charge on any atom is 0.308 e. The van der Waals surface area contributed by atoms with Gasteiger partial charge in [-0.25, -0.2) is 8.42 Å². The Kier molecular flexibility index (Phi) is 4.36. The molecule has 0 aromatic carbocycles. The summed E-state index contributed by atoms with van der Waals surface area (Å²) in [6.45, 7) is 3.29. The number of rotatable bonds is 4. The maximum absolute atomic E-state index is 12.3. The lowest BCUT2D eigenvalue weighted by molar-refractivity contribution is -0.142. The maximum atomic E-state index is 12.3. The molecule has 2 atom stereocenters. The highest BCUT2D eigenvalue weighted by Crippen LogP contribution is 2.18. The normalized spacial score (nSPS) is 22.0. The van der Waals surface area contributed by atoms with E-state index in [0.29, 0.717) is 0 Å². The monoisotopic (exact) mass is 327 g/mol. The molecule has 8 nitrogen and oxygen atoms in total. The topological polar surface area (TPSA) is 116 Å². The molecule has 2 heterocycles. The van der Waals surface area contributed by atoms with Gasteiger partial charge in [0.1, 0.15) is 0 Å². The summed E-state index contributed by atoms with van der Waals surface area (Å²) >= 11 is 0. The Hall–Kier alpha value is -2.16. The summed E-state index contributed by atoms with van der Waals surface area (Å²) in [4.78, 5) is 24.8. The van der Waals surface area contributed by atoms with Gasteiger partial charge in [-0.15, -0.1) is 4.40 Å². The smallest absolute Gasteiger partial charge is 0.308 e. The van der Waals surface area contributed by atoms with Crippen molar-refractivity contribution in [3.05, 3.63) is 23.9 Å². The fourth-order valence-electron chi connectivity index (χ4n) is 2.02. The van der Waals surface area contributed by atoms with Crippen LogP contribution in [0.2, 0.25) is 0 Å². The van der Waals surface area contributed by atoms with Crippen LogP contribution >= 0.6 is 0 Å². The zero-order chi connectivity index (χ0) is 16.5. The number of carboxylic acids is 1. The molecule has 0 saturated heterocycles. The third-order valence-corrected chi connectivity index (χ3v) is 4.75. The average Bonchev–Trinajstić information content (AvgIpc) is 2.44. The highest BCUT2D eigenvalue weighted by atomic mass is 32.2. The fraction of sp³-hybridized carbons (Fsp3) is 0.462. The Morgan fingerprint density at radius 2 is 2.09 bits per heavy atom. The Labute approximate surface area is 128 Å². The molecule has 2 unspecified atom stereocenters. The average molecular weight is 327 g/mol. The number of nitrogens with one attached hydrogen (secondary N) is 1. The van der Waals surface area contributed by atoms with Crippen molar-refractivity contribution in [1.29, 1.82) is 0 Å². The lowest BCUT2D eigenvalue weighted by Crippen LogP contribution is -2.46. The van der Waals surface area contributed by atoms with Crippen molar-refractivity contribution in [2.24, 2.45) is 10.3 Å². The standard InChI is InChI=1S/C13H17N3O5S/c1-8(13(18)19)9(2)14-12(17)10-4-3-5-16-6-7-22(20,21)15-11(10)16/h3-5,8-9H,6-7H2,1-2H3,(H,14,17)(H,18,19). The lowest BCUT2D eigenvalue weighted by Gasteiger charge is -2.29. The van der Waals surface area contributed by atoms with Gasteiger partial charge >= 0.3 is 5.97 Å². The second-order valence-corrected chi connectivity index (χ2v) is 6.96. The molecule has 2 aliphatic rings. The van der Waals surface area contributed by atoms with Crippen LogP contribution in [0.25, 0.3) is 0 Å². The quantitative estimate of drug-likeness (QED) is 0.733. The van der Waals surface area contributed by atoms with E-state index < -0.39 is 33.9 Å². The molecule has 2 N–H and O–H groups in total. The molecule has 0 bridgehead atoms.